The first kappa shape index (κ1) is 22.8. The van der Waals surface area contributed by atoms with Gasteiger partial charge in [0.05, 0.1) is 18.2 Å². The van der Waals surface area contributed by atoms with E-state index in [1.165, 1.54) is 4.90 Å². The van der Waals surface area contributed by atoms with E-state index in [0.29, 0.717) is 50.7 Å². The van der Waals surface area contributed by atoms with Crippen LogP contribution >= 0.6 is 0 Å². The van der Waals surface area contributed by atoms with Crippen LogP contribution < -0.4 is 4.74 Å². The third-order valence-electron chi connectivity index (χ3n) is 5.93. The second-order valence-electron chi connectivity index (χ2n) is 8.02. The zero-order valence-electron chi connectivity index (χ0n) is 18.0. The summed E-state index contributed by atoms with van der Waals surface area (Å²) in [6.45, 7) is 1.26. The van der Waals surface area contributed by atoms with Gasteiger partial charge in [-0.15, -0.1) is 0 Å². The quantitative estimate of drug-likeness (QED) is 0.496. The Kier molecular flexibility index (Phi) is 6.40. The molecule has 0 atom stereocenters. The number of imidazole rings is 1. The topological polar surface area (TPSA) is 47.4 Å². The van der Waals surface area contributed by atoms with Crippen LogP contribution in [0.15, 0.2) is 54.9 Å². The molecule has 5 nitrogen and oxygen atoms in total. The predicted octanol–water partition coefficient (Wildman–Crippen LogP) is 5.12. The van der Waals surface area contributed by atoms with Crippen LogP contribution in [-0.4, -0.2) is 40.6 Å². The number of aromatic nitrogens is 2. The van der Waals surface area contributed by atoms with Crippen molar-refractivity contribution in [3.8, 4) is 5.75 Å². The van der Waals surface area contributed by atoms with Crippen molar-refractivity contribution in [2.45, 2.75) is 31.5 Å². The van der Waals surface area contributed by atoms with E-state index in [1.54, 1.807) is 13.3 Å². The summed E-state index contributed by atoms with van der Waals surface area (Å²) < 4.78 is 60.3. The second-order valence-corrected chi connectivity index (χ2v) is 8.02. The maximum atomic E-state index is 14.1. The molecule has 1 aliphatic rings. The number of likely N-dealkylation sites (tertiary alicyclic amines) is 1. The van der Waals surface area contributed by atoms with Gasteiger partial charge in [-0.25, -0.2) is 9.37 Å². The molecule has 3 aromatic rings. The van der Waals surface area contributed by atoms with Crippen molar-refractivity contribution < 1.29 is 27.1 Å². The minimum absolute atomic E-state index is 0.0913. The van der Waals surface area contributed by atoms with Crippen LogP contribution in [0, 0.1) is 5.82 Å². The van der Waals surface area contributed by atoms with E-state index >= 15 is 0 Å². The zero-order valence-corrected chi connectivity index (χ0v) is 18.0. The van der Waals surface area contributed by atoms with Crippen molar-refractivity contribution in [3.63, 3.8) is 0 Å². The molecule has 1 aromatic heterocycles. The third-order valence-corrected chi connectivity index (χ3v) is 5.93. The van der Waals surface area contributed by atoms with Crippen LogP contribution in [0.4, 0.5) is 17.6 Å². The van der Waals surface area contributed by atoms with E-state index in [4.69, 9.17) is 4.74 Å². The fourth-order valence-corrected chi connectivity index (χ4v) is 4.12. The molecule has 0 radical (unpaired) electrons. The van der Waals surface area contributed by atoms with E-state index in [0.717, 1.165) is 17.1 Å². The molecule has 2 aromatic carbocycles. The fourth-order valence-electron chi connectivity index (χ4n) is 4.12. The molecule has 0 saturated carbocycles. The molecule has 4 rings (SSSR count). The number of hydrogen-bond donors (Lipinski definition) is 0. The molecule has 1 amide bonds. The molecular weight excluding hydrogens is 438 g/mol. The van der Waals surface area contributed by atoms with E-state index in [9.17, 15) is 22.4 Å². The van der Waals surface area contributed by atoms with Gasteiger partial charge in [-0.3, -0.25) is 4.79 Å². The molecule has 174 valence electrons. The van der Waals surface area contributed by atoms with Gasteiger partial charge in [-0.05, 0) is 48.7 Å². The number of carbonyl (C=O) groups excluding carboxylic acids is 1. The second kappa shape index (κ2) is 9.25. The lowest BCUT2D eigenvalue weighted by Crippen LogP contribution is -2.39. The van der Waals surface area contributed by atoms with Crippen molar-refractivity contribution in [1.82, 2.24) is 14.5 Å². The highest BCUT2D eigenvalue weighted by molar-refractivity contribution is 5.94. The number of hydrogen-bond acceptors (Lipinski definition) is 3. The molecule has 0 spiro atoms. The summed E-state index contributed by atoms with van der Waals surface area (Å²) in [5.41, 5.74) is -0.505. The molecule has 0 N–H and O–H groups in total. The lowest BCUT2D eigenvalue weighted by molar-refractivity contribution is -0.137. The number of rotatable bonds is 5. The molecule has 9 heteroatoms. The van der Waals surface area contributed by atoms with Gasteiger partial charge in [0, 0.05) is 37.9 Å². The maximum absolute atomic E-state index is 14.1. The Hall–Kier alpha value is -3.36. The first-order valence-corrected chi connectivity index (χ1v) is 10.6. The van der Waals surface area contributed by atoms with Crippen molar-refractivity contribution in [2.75, 3.05) is 20.2 Å². The number of nitrogens with zero attached hydrogens (tertiary/aromatic N) is 3. The van der Waals surface area contributed by atoms with E-state index in [-0.39, 0.29) is 5.92 Å². The number of methoxy groups -OCH3 is 1. The Morgan fingerprint density at radius 2 is 1.82 bits per heavy atom. The summed E-state index contributed by atoms with van der Waals surface area (Å²) in [7, 11) is 1.61. The van der Waals surface area contributed by atoms with Crippen LogP contribution in [0.2, 0.25) is 0 Å². The maximum Gasteiger partial charge on any atom is 0.416 e. The van der Waals surface area contributed by atoms with Gasteiger partial charge in [0.15, 0.2) is 0 Å². The average Bonchev–Trinajstić information content (AvgIpc) is 3.27. The number of carbonyl (C=O) groups is 1. The Bertz CT molecular complexity index is 1120. The molecule has 33 heavy (non-hydrogen) atoms. The summed E-state index contributed by atoms with van der Waals surface area (Å²) in [4.78, 5) is 18.6. The summed E-state index contributed by atoms with van der Waals surface area (Å²) in [6.07, 6.45) is 0.165. The van der Waals surface area contributed by atoms with Crippen molar-refractivity contribution in [3.05, 3.63) is 83.2 Å². The minimum Gasteiger partial charge on any atom is -0.497 e. The predicted molar refractivity (Wildman–Crippen MR) is 114 cm³/mol. The smallest absolute Gasteiger partial charge is 0.416 e. The monoisotopic (exact) mass is 461 g/mol. The highest BCUT2D eigenvalue weighted by Gasteiger charge is 2.33. The largest absolute Gasteiger partial charge is 0.497 e. The zero-order chi connectivity index (χ0) is 23.6. The van der Waals surface area contributed by atoms with Crippen LogP contribution in [0.25, 0.3) is 0 Å². The van der Waals surface area contributed by atoms with Gasteiger partial charge < -0.3 is 14.2 Å². The number of benzene rings is 2. The highest BCUT2D eigenvalue weighted by atomic mass is 19.4. The highest BCUT2D eigenvalue weighted by Crippen LogP contribution is 2.32. The van der Waals surface area contributed by atoms with Gasteiger partial charge >= 0.3 is 6.18 Å². The van der Waals surface area contributed by atoms with E-state index in [2.05, 4.69) is 9.55 Å². The van der Waals surface area contributed by atoms with Crippen LogP contribution in [0.1, 0.15) is 46.1 Å². The summed E-state index contributed by atoms with van der Waals surface area (Å²) in [6, 6.07) is 9.66. The molecule has 2 heterocycles. The third kappa shape index (κ3) is 5.02. The van der Waals surface area contributed by atoms with Gasteiger partial charge in [-0.1, -0.05) is 12.1 Å². The summed E-state index contributed by atoms with van der Waals surface area (Å²) in [5.74, 6) is 0.0828. The van der Waals surface area contributed by atoms with Gasteiger partial charge in [0.25, 0.3) is 5.91 Å². The number of amides is 1. The standard InChI is InChI=1S/C24H23F4N3O2/c1-33-19-5-2-16(3-6-19)15-31-13-10-29-22(31)17-8-11-30(12-9-17)23(32)20-14-18(24(26,27)28)4-7-21(20)25/h2-7,10,13-14,17H,8-9,11-12,15H2,1H3. The Balaban J connectivity index is 1.43. The van der Waals surface area contributed by atoms with E-state index < -0.39 is 29.0 Å². The fraction of sp³-hybridized carbons (Fsp3) is 0.333. The molecule has 0 aliphatic carbocycles. The number of alkyl halides is 3. The molecule has 0 bridgehead atoms. The summed E-state index contributed by atoms with van der Waals surface area (Å²) in [5, 5.41) is 0. The number of piperidine rings is 1. The molecule has 1 fully saturated rings. The van der Waals surface area contributed by atoms with Crippen molar-refractivity contribution in [2.24, 2.45) is 0 Å². The lowest BCUT2D eigenvalue weighted by Gasteiger charge is -2.32. The summed E-state index contributed by atoms with van der Waals surface area (Å²) >= 11 is 0. The van der Waals surface area contributed by atoms with E-state index in [1.807, 2.05) is 30.5 Å². The van der Waals surface area contributed by atoms with Crippen molar-refractivity contribution in [1.29, 1.82) is 0 Å². The number of halogens is 4. The number of ether oxygens (including phenoxy) is 1. The Labute approximate surface area is 188 Å². The molecule has 0 unspecified atom stereocenters. The minimum atomic E-state index is -4.64. The molecular formula is C24H23F4N3O2. The Morgan fingerprint density at radius 3 is 2.45 bits per heavy atom. The van der Waals surface area contributed by atoms with Gasteiger partial charge in [0.1, 0.15) is 17.4 Å². The van der Waals surface area contributed by atoms with Gasteiger partial charge in [0.2, 0.25) is 0 Å². The van der Waals surface area contributed by atoms with Crippen LogP contribution in [0.3, 0.4) is 0 Å². The van der Waals surface area contributed by atoms with Gasteiger partial charge in [-0.2, -0.15) is 13.2 Å². The average molecular weight is 461 g/mol. The van der Waals surface area contributed by atoms with Crippen molar-refractivity contribution >= 4 is 5.91 Å². The molecule has 1 aliphatic heterocycles. The lowest BCUT2D eigenvalue weighted by atomic mass is 9.95. The first-order chi connectivity index (χ1) is 15.8. The van der Waals surface area contributed by atoms with Crippen LogP contribution in [-0.2, 0) is 12.7 Å². The molecule has 1 saturated heterocycles. The Morgan fingerprint density at radius 1 is 1.12 bits per heavy atom. The normalized spacial score (nSPS) is 15.0. The SMILES string of the molecule is COc1ccc(Cn2ccnc2C2CCN(C(=O)c3cc(C(F)(F)F)ccc3F)CC2)cc1. The first-order valence-electron chi connectivity index (χ1n) is 10.6. The van der Waals surface area contributed by atoms with Crippen LogP contribution in [0.5, 0.6) is 5.75 Å².